The second kappa shape index (κ2) is 9.75. The van der Waals surface area contributed by atoms with Crippen molar-refractivity contribution in [3.05, 3.63) is 47.9 Å². The van der Waals surface area contributed by atoms with Crippen LogP contribution in [0.4, 0.5) is 24.5 Å². The molecule has 1 heterocycles. The fourth-order valence-corrected chi connectivity index (χ4v) is 2.67. The fourth-order valence-electron chi connectivity index (χ4n) is 2.67. The summed E-state index contributed by atoms with van der Waals surface area (Å²) >= 11 is 0. The summed E-state index contributed by atoms with van der Waals surface area (Å²) in [6, 6.07) is 4.54. The Morgan fingerprint density at radius 2 is 1.78 bits per heavy atom. The molecule has 8 nitrogen and oxygen atoms in total. The number of rotatable bonds is 7. The number of hydrogen-bond donors (Lipinski definition) is 3. The van der Waals surface area contributed by atoms with E-state index in [0.29, 0.717) is 0 Å². The first-order chi connectivity index (χ1) is 14.8. The van der Waals surface area contributed by atoms with Crippen molar-refractivity contribution in [3.8, 4) is 0 Å². The van der Waals surface area contributed by atoms with E-state index in [1.807, 2.05) is 0 Å². The Morgan fingerprint density at radius 3 is 2.34 bits per heavy atom. The Morgan fingerprint density at radius 1 is 1.09 bits per heavy atom. The predicted molar refractivity (Wildman–Crippen MR) is 112 cm³/mol. The number of nitrogens with one attached hydrogen (secondary N) is 3. The Kier molecular flexibility index (Phi) is 7.55. The lowest BCUT2D eigenvalue weighted by Crippen LogP contribution is -2.47. The highest BCUT2D eigenvalue weighted by atomic mass is 19.4. The molecule has 2 rings (SSSR count). The summed E-state index contributed by atoms with van der Waals surface area (Å²) in [5.41, 5.74) is -1.78. The van der Waals surface area contributed by atoms with Gasteiger partial charge < -0.3 is 25.3 Å². The maximum absolute atomic E-state index is 13.5. The third kappa shape index (κ3) is 7.33. The summed E-state index contributed by atoms with van der Waals surface area (Å²) in [5, 5.41) is 7.52. The van der Waals surface area contributed by atoms with Gasteiger partial charge in [-0.1, -0.05) is 0 Å². The van der Waals surface area contributed by atoms with Crippen LogP contribution in [0.1, 0.15) is 36.7 Å². The number of carbonyl (C=O) groups is 3. The minimum Gasteiger partial charge on any atom is -0.472 e. The summed E-state index contributed by atoms with van der Waals surface area (Å²) in [4.78, 5) is 37.3. The second-order valence-electron chi connectivity index (χ2n) is 8.13. The molecule has 0 aliphatic rings. The number of furan rings is 1. The number of halogens is 3. The molecule has 0 aliphatic carbocycles. The monoisotopic (exact) mass is 454 g/mol. The average molecular weight is 454 g/mol. The molecule has 0 unspecified atom stereocenters. The van der Waals surface area contributed by atoms with Gasteiger partial charge in [0.25, 0.3) is 5.91 Å². The van der Waals surface area contributed by atoms with Crippen LogP contribution in [0.2, 0.25) is 0 Å². The topological polar surface area (TPSA) is 104 Å². The van der Waals surface area contributed by atoms with Crippen LogP contribution in [-0.2, 0) is 15.8 Å². The van der Waals surface area contributed by atoms with Gasteiger partial charge in [0, 0.05) is 24.0 Å². The molecule has 174 valence electrons. The van der Waals surface area contributed by atoms with Crippen molar-refractivity contribution in [3.63, 3.8) is 0 Å². The Bertz CT molecular complexity index is 966. The molecule has 1 aromatic heterocycles. The zero-order valence-electron chi connectivity index (χ0n) is 18.1. The lowest BCUT2D eigenvalue weighted by molar-refractivity contribution is -0.137. The van der Waals surface area contributed by atoms with Gasteiger partial charge in [-0.15, -0.1) is 0 Å². The van der Waals surface area contributed by atoms with E-state index in [1.54, 1.807) is 20.8 Å². The lowest BCUT2D eigenvalue weighted by atomic mass is 10.1. The molecule has 0 atom stereocenters. The van der Waals surface area contributed by atoms with E-state index in [9.17, 15) is 27.6 Å². The van der Waals surface area contributed by atoms with Gasteiger partial charge in [0.05, 0.1) is 30.5 Å². The van der Waals surface area contributed by atoms with Crippen molar-refractivity contribution < 1.29 is 32.0 Å². The smallest absolute Gasteiger partial charge is 0.418 e. The van der Waals surface area contributed by atoms with Crippen molar-refractivity contribution in [1.82, 2.24) is 10.2 Å². The molecule has 32 heavy (non-hydrogen) atoms. The SMILES string of the molecule is CN(CC(=O)NC(C)(C)C)C(=O)CNc1ccc(NC(=O)c2ccoc2)cc1C(F)(F)F. The molecule has 0 saturated carbocycles. The minimum atomic E-state index is -4.74. The van der Waals surface area contributed by atoms with E-state index in [2.05, 4.69) is 16.0 Å². The minimum absolute atomic E-state index is 0.0728. The summed E-state index contributed by atoms with van der Waals surface area (Å²) in [5.74, 6) is -1.58. The van der Waals surface area contributed by atoms with Crippen molar-refractivity contribution >= 4 is 29.1 Å². The number of amides is 3. The van der Waals surface area contributed by atoms with Crippen LogP contribution in [0.15, 0.2) is 41.2 Å². The Balaban J connectivity index is 2.06. The molecule has 3 amide bonds. The highest BCUT2D eigenvalue weighted by Gasteiger charge is 2.34. The predicted octanol–water partition coefficient (Wildman–Crippen LogP) is 3.34. The molecule has 2 aromatic rings. The number of carbonyl (C=O) groups excluding carboxylic acids is 3. The van der Waals surface area contributed by atoms with Gasteiger partial charge in [-0.3, -0.25) is 14.4 Å². The molecule has 11 heteroatoms. The Hall–Kier alpha value is -3.50. The van der Waals surface area contributed by atoms with Crippen molar-refractivity contribution in [1.29, 1.82) is 0 Å². The zero-order valence-corrected chi connectivity index (χ0v) is 18.1. The number of alkyl halides is 3. The van der Waals surface area contributed by atoms with E-state index in [4.69, 9.17) is 4.42 Å². The van der Waals surface area contributed by atoms with E-state index >= 15 is 0 Å². The fraction of sp³-hybridized carbons (Fsp3) is 0.381. The molecular formula is C21H25F3N4O4. The van der Waals surface area contributed by atoms with E-state index in [0.717, 1.165) is 17.0 Å². The molecule has 0 saturated heterocycles. The number of hydrogen-bond acceptors (Lipinski definition) is 5. The maximum Gasteiger partial charge on any atom is 0.418 e. The van der Waals surface area contributed by atoms with Crippen LogP contribution in [-0.4, -0.2) is 48.3 Å². The third-order valence-electron chi connectivity index (χ3n) is 4.12. The normalized spacial score (nSPS) is 11.6. The standard InChI is InChI=1S/C21H25F3N4O4/c1-20(2,3)27-17(29)11-28(4)18(30)10-25-16-6-5-14(9-15(16)21(22,23)24)26-19(31)13-7-8-32-12-13/h5-9,12,25H,10-11H2,1-4H3,(H,26,31)(H,27,29). The van der Waals surface area contributed by atoms with Gasteiger partial charge in [0.15, 0.2) is 0 Å². The molecule has 0 fully saturated rings. The summed E-state index contributed by atoms with van der Waals surface area (Å²) in [6.07, 6.45) is -2.30. The molecule has 1 aromatic carbocycles. The highest BCUT2D eigenvalue weighted by molar-refractivity contribution is 6.04. The highest BCUT2D eigenvalue weighted by Crippen LogP contribution is 2.36. The van der Waals surface area contributed by atoms with Gasteiger partial charge >= 0.3 is 6.18 Å². The molecule has 0 bridgehead atoms. The van der Waals surface area contributed by atoms with Crippen LogP contribution in [0.25, 0.3) is 0 Å². The molecule has 0 radical (unpaired) electrons. The maximum atomic E-state index is 13.5. The van der Waals surface area contributed by atoms with Crippen LogP contribution < -0.4 is 16.0 Å². The first kappa shape index (κ1) is 24.8. The van der Waals surface area contributed by atoms with E-state index in [-0.39, 0.29) is 29.4 Å². The van der Waals surface area contributed by atoms with Crippen molar-refractivity contribution in [2.45, 2.75) is 32.5 Å². The molecular weight excluding hydrogens is 429 g/mol. The van der Waals surface area contributed by atoms with E-state index in [1.165, 1.54) is 31.7 Å². The van der Waals surface area contributed by atoms with Gasteiger partial charge in [0.2, 0.25) is 11.8 Å². The number of nitrogens with zero attached hydrogens (tertiary/aromatic N) is 1. The first-order valence-electron chi connectivity index (χ1n) is 9.60. The number of anilines is 2. The van der Waals surface area contributed by atoms with Crippen molar-refractivity contribution in [2.75, 3.05) is 30.8 Å². The third-order valence-corrected chi connectivity index (χ3v) is 4.12. The van der Waals surface area contributed by atoms with Gasteiger partial charge in [-0.25, -0.2) is 0 Å². The average Bonchev–Trinajstić information content (AvgIpc) is 3.19. The van der Waals surface area contributed by atoms with Crippen LogP contribution in [0.5, 0.6) is 0 Å². The summed E-state index contributed by atoms with van der Waals surface area (Å²) < 4.78 is 45.4. The second-order valence-corrected chi connectivity index (χ2v) is 8.13. The summed E-state index contributed by atoms with van der Waals surface area (Å²) in [7, 11) is 1.38. The van der Waals surface area contributed by atoms with Gasteiger partial charge in [-0.2, -0.15) is 13.2 Å². The largest absolute Gasteiger partial charge is 0.472 e. The van der Waals surface area contributed by atoms with Crippen LogP contribution in [0, 0.1) is 0 Å². The van der Waals surface area contributed by atoms with E-state index < -0.39 is 35.6 Å². The summed E-state index contributed by atoms with van der Waals surface area (Å²) in [6.45, 7) is 4.67. The molecule has 0 aliphatic heterocycles. The first-order valence-corrected chi connectivity index (χ1v) is 9.60. The molecule has 0 spiro atoms. The van der Waals surface area contributed by atoms with Crippen LogP contribution in [0.3, 0.4) is 0 Å². The Labute approximate surface area is 183 Å². The molecule has 3 N–H and O–H groups in total. The van der Waals surface area contributed by atoms with Crippen LogP contribution >= 0.6 is 0 Å². The quantitative estimate of drug-likeness (QED) is 0.596. The van der Waals surface area contributed by atoms with Crippen molar-refractivity contribution in [2.24, 2.45) is 0 Å². The zero-order chi connectivity index (χ0) is 24.1. The number of likely N-dealkylation sites (N-methyl/N-ethyl adjacent to an activating group) is 1. The van der Waals surface area contributed by atoms with Gasteiger partial charge in [-0.05, 0) is 45.0 Å². The van der Waals surface area contributed by atoms with Gasteiger partial charge in [0.1, 0.15) is 6.26 Å². The lowest BCUT2D eigenvalue weighted by Gasteiger charge is -2.24. The number of benzene rings is 1.